The molecular weight excluding hydrogens is 330 g/mol. The summed E-state index contributed by atoms with van der Waals surface area (Å²) in [6.07, 6.45) is 1.61. The van der Waals surface area contributed by atoms with Crippen molar-refractivity contribution >= 4 is 33.0 Å². The van der Waals surface area contributed by atoms with Crippen LogP contribution in [-0.2, 0) is 17.2 Å². The third-order valence-corrected chi connectivity index (χ3v) is 5.89. The molecule has 0 radical (unpaired) electrons. The molecule has 0 saturated carbocycles. The van der Waals surface area contributed by atoms with E-state index in [1.165, 1.54) is 16.3 Å². The van der Waals surface area contributed by atoms with E-state index < -0.39 is 10.8 Å². The topological polar surface area (TPSA) is 38.7 Å². The molecule has 0 saturated heterocycles. The predicted molar refractivity (Wildman–Crippen MR) is 104 cm³/mol. The van der Waals surface area contributed by atoms with Crippen LogP contribution in [0.3, 0.4) is 0 Å². The summed E-state index contributed by atoms with van der Waals surface area (Å²) in [7, 11) is 0.615. The number of hydrogen-bond acceptors (Lipinski definition) is 3. The highest BCUT2D eigenvalue weighted by molar-refractivity contribution is 7.85. The fraction of sp³-hybridized carbons (Fsp3) is 0.190. The lowest BCUT2D eigenvalue weighted by atomic mass is 10.0. The first-order valence-electron chi connectivity index (χ1n) is 8.33. The van der Waals surface area contributed by atoms with Gasteiger partial charge in [-0.05, 0) is 59.2 Å². The van der Waals surface area contributed by atoms with Gasteiger partial charge in [-0.15, -0.1) is 0 Å². The Hall–Kier alpha value is -2.46. The largest absolute Gasteiger partial charge is 0.497 e. The summed E-state index contributed by atoms with van der Waals surface area (Å²) < 4.78 is 17.6. The van der Waals surface area contributed by atoms with Crippen LogP contribution in [-0.4, -0.2) is 22.8 Å². The molecule has 0 N–H and O–H groups in total. The van der Waals surface area contributed by atoms with Crippen LogP contribution in [0, 0.1) is 0 Å². The Kier molecular flexibility index (Phi) is 4.36. The summed E-state index contributed by atoms with van der Waals surface area (Å²) in [4.78, 5) is 5.59. The second-order valence-electron chi connectivity index (χ2n) is 6.16. The standard InChI is InChI=1S/C21H19NO2S/c1-24-19-6-8-20(9-7-19)25(23)11-10-18-13-17-12-15-4-2-3-5-16(15)14-21(17)22-18/h2-9,12,14H,10-11,13H2,1H3. The van der Waals surface area contributed by atoms with E-state index in [4.69, 9.17) is 9.73 Å². The smallest absolute Gasteiger partial charge is 0.118 e. The molecule has 0 bridgehead atoms. The molecule has 0 fully saturated rings. The molecule has 3 nitrogen and oxygen atoms in total. The van der Waals surface area contributed by atoms with Crippen LogP contribution >= 0.6 is 0 Å². The highest BCUT2D eigenvalue weighted by atomic mass is 32.2. The number of aliphatic imine (C=N–C) groups is 1. The normalized spacial score (nSPS) is 14.2. The van der Waals surface area contributed by atoms with Crippen LogP contribution in [0.4, 0.5) is 5.69 Å². The summed E-state index contributed by atoms with van der Waals surface area (Å²) in [5.74, 6) is 1.38. The van der Waals surface area contributed by atoms with Crippen LogP contribution in [0.1, 0.15) is 12.0 Å². The van der Waals surface area contributed by atoms with Gasteiger partial charge in [0.25, 0.3) is 0 Å². The quantitative estimate of drug-likeness (QED) is 0.671. The van der Waals surface area contributed by atoms with E-state index >= 15 is 0 Å². The molecule has 25 heavy (non-hydrogen) atoms. The fourth-order valence-corrected chi connectivity index (χ4v) is 4.25. The second kappa shape index (κ2) is 6.81. The molecule has 3 aromatic carbocycles. The summed E-state index contributed by atoms with van der Waals surface area (Å²) in [5.41, 5.74) is 3.44. The van der Waals surface area contributed by atoms with Crippen molar-refractivity contribution in [3.05, 3.63) is 66.2 Å². The first kappa shape index (κ1) is 16.0. The second-order valence-corrected chi connectivity index (χ2v) is 7.73. The molecular formula is C21H19NO2S. The maximum absolute atomic E-state index is 12.5. The number of fused-ring (bicyclic) bond motifs is 2. The lowest BCUT2D eigenvalue weighted by molar-refractivity contribution is 0.414. The van der Waals surface area contributed by atoms with E-state index in [1.807, 2.05) is 30.3 Å². The molecule has 3 aromatic rings. The third kappa shape index (κ3) is 3.35. The van der Waals surface area contributed by atoms with Gasteiger partial charge in [0.15, 0.2) is 0 Å². The van der Waals surface area contributed by atoms with E-state index in [-0.39, 0.29) is 0 Å². The van der Waals surface area contributed by atoms with Crippen molar-refractivity contribution < 1.29 is 8.95 Å². The maximum Gasteiger partial charge on any atom is 0.118 e. The minimum Gasteiger partial charge on any atom is -0.497 e. The Balaban J connectivity index is 1.44. The van der Waals surface area contributed by atoms with Gasteiger partial charge in [0, 0.05) is 22.8 Å². The number of hydrogen-bond donors (Lipinski definition) is 0. The van der Waals surface area contributed by atoms with Crippen molar-refractivity contribution in [2.75, 3.05) is 12.9 Å². The van der Waals surface area contributed by atoms with Gasteiger partial charge in [-0.1, -0.05) is 24.3 Å². The summed E-state index contributed by atoms with van der Waals surface area (Å²) in [6, 6.07) is 20.2. The van der Waals surface area contributed by atoms with Crippen LogP contribution in [0.15, 0.2) is 70.6 Å². The van der Waals surface area contributed by atoms with E-state index in [0.29, 0.717) is 5.75 Å². The third-order valence-electron chi connectivity index (χ3n) is 4.52. The Morgan fingerprint density at radius 1 is 1.04 bits per heavy atom. The molecule has 1 aliphatic rings. The molecule has 4 rings (SSSR count). The molecule has 0 aromatic heterocycles. The Bertz CT molecular complexity index is 977. The summed E-state index contributed by atoms with van der Waals surface area (Å²) >= 11 is 0. The summed E-state index contributed by atoms with van der Waals surface area (Å²) in [6.45, 7) is 0. The van der Waals surface area contributed by atoms with Gasteiger partial charge in [-0.25, -0.2) is 0 Å². The minimum atomic E-state index is -1.02. The lowest BCUT2D eigenvalue weighted by Crippen LogP contribution is -2.06. The number of nitrogens with zero attached hydrogens (tertiary/aromatic N) is 1. The Labute approximate surface area is 149 Å². The van der Waals surface area contributed by atoms with Crippen LogP contribution in [0.2, 0.25) is 0 Å². The van der Waals surface area contributed by atoms with E-state index in [9.17, 15) is 4.21 Å². The number of methoxy groups -OCH3 is 1. The fourth-order valence-electron chi connectivity index (χ4n) is 3.15. The highest BCUT2D eigenvalue weighted by Crippen LogP contribution is 2.32. The van der Waals surface area contributed by atoms with Crippen molar-refractivity contribution in [1.29, 1.82) is 0 Å². The Morgan fingerprint density at radius 2 is 1.76 bits per heavy atom. The van der Waals surface area contributed by atoms with Crippen LogP contribution in [0.25, 0.3) is 10.8 Å². The molecule has 126 valence electrons. The highest BCUT2D eigenvalue weighted by Gasteiger charge is 2.16. The van der Waals surface area contributed by atoms with Crippen molar-refractivity contribution in [3.63, 3.8) is 0 Å². The first-order chi connectivity index (χ1) is 12.2. The Morgan fingerprint density at radius 3 is 2.48 bits per heavy atom. The van der Waals surface area contributed by atoms with E-state index in [1.54, 1.807) is 7.11 Å². The van der Waals surface area contributed by atoms with Crippen molar-refractivity contribution in [2.45, 2.75) is 17.7 Å². The van der Waals surface area contributed by atoms with Gasteiger partial charge >= 0.3 is 0 Å². The SMILES string of the molecule is COc1ccc(S(=O)CCC2=Nc3cc4ccccc4cc3C2)cc1. The average molecular weight is 349 g/mol. The maximum atomic E-state index is 12.5. The zero-order chi connectivity index (χ0) is 17.2. The van der Waals surface area contributed by atoms with Crippen molar-refractivity contribution in [3.8, 4) is 5.75 Å². The molecule has 0 spiro atoms. The number of rotatable bonds is 5. The van der Waals surface area contributed by atoms with Crippen molar-refractivity contribution in [2.24, 2.45) is 4.99 Å². The van der Waals surface area contributed by atoms with E-state index in [2.05, 4.69) is 30.3 Å². The van der Waals surface area contributed by atoms with Crippen molar-refractivity contribution in [1.82, 2.24) is 0 Å². The average Bonchev–Trinajstić information content (AvgIpc) is 3.06. The van der Waals surface area contributed by atoms with Gasteiger partial charge in [0.2, 0.25) is 0 Å². The molecule has 1 unspecified atom stereocenters. The van der Waals surface area contributed by atoms with Crippen LogP contribution in [0.5, 0.6) is 5.75 Å². The number of benzene rings is 3. The zero-order valence-corrected chi connectivity index (χ0v) is 14.9. The molecule has 1 heterocycles. The van der Waals surface area contributed by atoms with Gasteiger partial charge in [-0.3, -0.25) is 9.20 Å². The zero-order valence-electron chi connectivity index (χ0n) is 14.1. The first-order valence-corrected chi connectivity index (χ1v) is 9.65. The van der Waals surface area contributed by atoms with Gasteiger partial charge in [-0.2, -0.15) is 0 Å². The van der Waals surface area contributed by atoms with Gasteiger partial charge in [0.05, 0.1) is 23.6 Å². The minimum absolute atomic E-state index is 0.596. The molecule has 1 atom stereocenters. The van der Waals surface area contributed by atoms with Crippen LogP contribution < -0.4 is 4.74 Å². The monoisotopic (exact) mass is 349 g/mol. The molecule has 0 aliphatic carbocycles. The summed E-state index contributed by atoms with van der Waals surface area (Å²) in [5, 5.41) is 2.47. The molecule has 4 heteroatoms. The van der Waals surface area contributed by atoms with Gasteiger partial charge < -0.3 is 4.74 Å². The molecule has 0 amide bonds. The van der Waals surface area contributed by atoms with E-state index in [0.717, 1.165) is 34.9 Å². The predicted octanol–water partition coefficient (Wildman–Crippen LogP) is 4.67. The van der Waals surface area contributed by atoms with Gasteiger partial charge in [0.1, 0.15) is 5.75 Å². The number of ether oxygens (including phenoxy) is 1. The lowest BCUT2D eigenvalue weighted by Gasteiger charge is -2.04. The molecule has 1 aliphatic heterocycles.